The van der Waals surface area contributed by atoms with Gasteiger partial charge in [0.2, 0.25) is 0 Å². The normalized spacial score (nSPS) is 10.6. The second kappa shape index (κ2) is 7.97. The molecule has 0 fully saturated rings. The number of nitrogens with zero attached hydrogens (tertiary/aromatic N) is 1. The average molecular weight is 338 g/mol. The van der Waals surface area contributed by atoms with Gasteiger partial charge in [0.15, 0.2) is 0 Å². The van der Waals surface area contributed by atoms with E-state index in [1.165, 1.54) is 0 Å². The van der Waals surface area contributed by atoms with Crippen molar-refractivity contribution in [3.8, 4) is 0 Å². The van der Waals surface area contributed by atoms with Crippen molar-refractivity contribution >= 4 is 17.5 Å². The van der Waals surface area contributed by atoms with Gasteiger partial charge in [0.05, 0.1) is 0 Å². The molecule has 0 saturated carbocycles. The van der Waals surface area contributed by atoms with Crippen molar-refractivity contribution in [2.45, 2.75) is 47.2 Å². The van der Waals surface area contributed by atoms with Crippen molar-refractivity contribution < 1.29 is 9.59 Å². The maximum absolute atomic E-state index is 12.7. The molecule has 0 atom stereocenters. The molecule has 0 radical (unpaired) electrons. The van der Waals surface area contributed by atoms with Crippen LogP contribution < -0.4 is 5.32 Å². The number of rotatable bonds is 4. The van der Waals surface area contributed by atoms with Gasteiger partial charge in [-0.05, 0) is 51.3 Å². The number of aryl methyl sites for hydroxylation is 3. The van der Waals surface area contributed by atoms with E-state index in [1.54, 1.807) is 4.90 Å². The van der Waals surface area contributed by atoms with Crippen molar-refractivity contribution in [2.24, 2.45) is 0 Å². The molecule has 0 heterocycles. The summed E-state index contributed by atoms with van der Waals surface area (Å²) in [4.78, 5) is 26.8. The molecule has 2 aromatic rings. The van der Waals surface area contributed by atoms with Gasteiger partial charge in [-0.15, -0.1) is 0 Å². The van der Waals surface area contributed by atoms with Crippen molar-refractivity contribution in [1.29, 1.82) is 0 Å². The number of nitrogens with one attached hydrogen (secondary N) is 1. The highest BCUT2D eigenvalue weighted by Gasteiger charge is 2.25. The molecule has 0 bridgehead atoms. The Hall–Kier alpha value is -2.62. The van der Waals surface area contributed by atoms with Crippen molar-refractivity contribution in [2.75, 3.05) is 5.32 Å². The second-order valence-corrected chi connectivity index (χ2v) is 6.74. The van der Waals surface area contributed by atoms with Gasteiger partial charge in [0.25, 0.3) is 0 Å². The zero-order valence-electron chi connectivity index (χ0n) is 15.6. The smallest absolute Gasteiger partial charge is 0.313 e. The molecule has 0 spiro atoms. The Morgan fingerprint density at radius 3 is 2.08 bits per heavy atom. The van der Waals surface area contributed by atoms with Gasteiger partial charge in [0, 0.05) is 18.3 Å². The first kappa shape index (κ1) is 18.7. The molecular formula is C21H26N2O2. The van der Waals surface area contributed by atoms with Gasteiger partial charge >= 0.3 is 11.8 Å². The van der Waals surface area contributed by atoms with Gasteiger partial charge in [0.1, 0.15) is 0 Å². The zero-order chi connectivity index (χ0) is 18.6. The summed E-state index contributed by atoms with van der Waals surface area (Å²) in [5, 5.41) is 2.80. The van der Waals surface area contributed by atoms with E-state index >= 15 is 0 Å². The summed E-state index contributed by atoms with van der Waals surface area (Å²) in [5.41, 5.74) is 4.76. The standard InChI is InChI=1S/C21H26N2O2/c1-14(2)23(13-18-9-7-6-8-10-18)21(25)20(24)22-19-16(4)11-15(3)12-17(19)5/h6-12,14H,13H2,1-5H3,(H,22,24). The minimum absolute atomic E-state index is 0.0707. The third kappa shape index (κ3) is 4.69. The topological polar surface area (TPSA) is 49.4 Å². The molecule has 0 aliphatic heterocycles. The van der Waals surface area contributed by atoms with Crippen LogP contribution in [0.2, 0.25) is 0 Å². The second-order valence-electron chi connectivity index (χ2n) is 6.74. The predicted molar refractivity (Wildman–Crippen MR) is 101 cm³/mol. The van der Waals surface area contributed by atoms with E-state index in [9.17, 15) is 9.59 Å². The molecule has 0 aliphatic carbocycles. The van der Waals surface area contributed by atoms with Gasteiger partial charge in [-0.1, -0.05) is 48.0 Å². The fourth-order valence-electron chi connectivity index (χ4n) is 2.94. The van der Waals surface area contributed by atoms with E-state index in [-0.39, 0.29) is 6.04 Å². The lowest BCUT2D eigenvalue weighted by molar-refractivity contribution is -0.144. The van der Waals surface area contributed by atoms with Crippen molar-refractivity contribution in [3.63, 3.8) is 0 Å². The van der Waals surface area contributed by atoms with Crippen LogP contribution in [0.25, 0.3) is 0 Å². The van der Waals surface area contributed by atoms with Crippen LogP contribution in [0.4, 0.5) is 5.69 Å². The van der Waals surface area contributed by atoms with Gasteiger partial charge in [-0.25, -0.2) is 0 Å². The first-order chi connectivity index (χ1) is 11.8. The number of carbonyl (C=O) groups is 2. The summed E-state index contributed by atoms with van der Waals surface area (Å²) >= 11 is 0. The molecule has 25 heavy (non-hydrogen) atoms. The van der Waals surface area contributed by atoms with Crippen LogP contribution in [0.3, 0.4) is 0 Å². The number of anilines is 1. The summed E-state index contributed by atoms with van der Waals surface area (Å²) in [6, 6.07) is 13.6. The Bertz CT molecular complexity index is 744. The maximum Gasteiger partial charge on any atom is 0.313 e. The molecule has 0 unspecified atom stereocenters. The average Bonchev–Trinajstić information content (AvgIpc) is 2.55. The highest BCUT2D eigenvalue weighted by Crippen LogP contribution is 2.22. The summed E-state index contributed by atoms with van der Waals surface area (Å²) in [6.07, 6.45) is 0. The van der Waals surface area contributed by atoms with Crippen LogP contribution in [-0.2, 0) is 16.1 Å². The van der Waals surface area contributed by atoms with Gasteiger partial charge in [-0.2, -0.15) is 0 Å². The number of carbonyl (C=O) groups excluding carboxylic acids is 2. The lowest BCUT2D eigenvalue weighted by Crippen LogP contribution is -2.43. The monoisotopic (exact) mass is 338 g/mol. The minimum atomic E-state index is -0.598. The summed E-state index contributed by atoms with van der Waals surface area (Å²) < 4.78 is 0. The van der Waals surface area contributed by atoms with E-state index < -0.39 is 11.8 Å². The molecule has 132 valence electrons. The highest BCUT2D eigenvalue weighted by molar-refractivity contribution is 6.39. The Kier molecular flexibility index (Phi) is 5.97. The quantitative estimate of drug-likeness (QED) is 0.857. The summed E-state index contributed by atoms with van der Waals surface area (Å²) in [6.45, 7) is 10.1. The van der Waals surface area contributed by atoms with Gasteiger partial charge < -0.3 is 10.2 Å². The fraction of sp³-hybridized carbons (Fsp3) is 0.333. The van der Waals surface area contributed by atoms with Crippen molar-refractivity contribution in [1.82, 2.24) is 4.90 Å². The third-order valence-corrected chi connectivity index (χ3v) is 4.19. The number of hydrogen-bond acceptors (Lipinski definition) is 2. The van der Waals surface area contributed by atoms with E-state index in [0.29, 0.717) is 12.2 Å². The van der Waals surface area contributed by atoms with Crippen LogP contribution in [-0.4, -0.2) is 22.8 Å². The fourth-order valence-corrected chi connectivity index (χ4v) is 2.94. The first-order valence-electron chi connectivity index (χ1n) is 8.53. The SMILES string of the molecule is Cc1cc(C)c(NC(=O)C(=O)N(Cc2ccccc2)C(C)C)c(C)c1. The predicted octanol–water partition coefficient (Wildman–Crippen LogP) is 3.99. The van der Waals surface area contributed by atoms with Gasteiger partial charge in [-0.3, -0.25) is 9.59 Å². The molecule has 1 N–H and O–H groups in total. The highest BCUT2D eigenvalue weighted by atomic mass is 16.2. The van der Waals surface area contributed by atoms with E-state index in [0.717, 1.165) is 22.3 Å². The molecule has 2 amide bonds. The van der Waals surface area contributed by atoms with Crippen LogP contribution in [0.1, 0.15) is 36.1 Å². The maximum atomic E-state index is 12.7. The van der Waals surface area contributed by atoms with Crippen LogP contribution in [0.5, 0.6) is 0 Å². The summed E-state index contributed by atoms with van der Waals surface area (Å²) in [5.74, 6) is -1.11. The Labute approximate surface area is 149 Å². The Morgan fingerprint density at radius 1 is 1.00 bits per heavy atom. The lowest BCUT2D eigenvalue weighted by Gasteiger charge is -2.26. The zero-order valence-corrected chi connectivity index (χ0v) is 15.6. The van der Waals surface area contributed by atoms with Crippen LogP contribution in [0.15, 0.2) is 42.5 Å². The van der Waals surface area contributed by atoms with Crippen LogP contribution in [0, 0.1) is 20.8 Å². The molecule has 2 rings (SSSR count). The molecular weight excluding hydrogens is 312 g/mol. The largest absolute Gasteiger partial charge is 0.328 e. The first-order valence-corrected chi connectivity index (χ1v) is 8.53. The molecule has 2 aromatic carbocycles. The minimum Gasteiger partial charge on any atom is -0.328 e. The van der Waals surface area contributed by atoms with Crippen LogP contribution >= 0.6 is 0 Å². The van der Waals surface area contributed by atoms with E-state index in [1.807, 2.05) is 77.1 Å². The Morgan fingerprint density at radius 2 is 1.56 bits per heavy atom. The third-order valence-electron chi connectivity index (χ3n) is 4.19. The van der Waals surface area contributed by atoms with Crippen molar-refractivity contribution in [3.05, 3.63) is 64.7 Å². The molecule has 0 saturated heterocycles. The molecule has 0 aliphatic rings. The lowest BCUT2D eigenvalue weighted by atomic mass is 10.1. The Balaban J connectivity index is 2.18. The summed E-state index contributed by atoms with van der Waals surface area (Å²) in [7, 11) is 0. The molecule has 4 nitrogen and oxygen atoms in total. The molecule has 4 heteroatoms. The number of amides is 2. The van der Waals surface area contributed by atoms with E-state index in [2.05, 4.69) is 5.32 Å². The molecule has 0 aromatic heterocycles. The number of benzene rings is 2. The van der Waals surface area contributed by atoms with E-state index in [4.69, 9.17) is 0 Å². The number of hydrogen-bond donors (Lipinski definition) is 1.